The molecule has 0 radical (unpaired) electrons. The highest BCUT2D eigenvalue weighted by atomic mass is 16.6. The van der Waals surface area contributed by atoms with Gasteiger partial charge in [0.2, 0.25) is 0 Å². The van der Waals surface area contributed by atoms with Gasteiger partial charge in [-0.3, -0.25) is 0 Å². The maximum absolute atomic E-state index is 11.5. The zero-order chi connectivity index (χ0) is 12.7. The van der Waals surface area contributed by atoms with E-state index in [1.54, 1.807) is 12.1 Å². The Morgan fingerprint density at radius 3 is 2.88 bits per heavy atom. The molecule has 94 valence electrons. The zero-order valence-corrected chi connectivity index (χ0v) is 10.2. The lowest BCUT2D eigenvalue weighted by Crippen LogP contribution is -2.15. The number of hydrogen-bond donors (Lipinski definition) is 1. The summed E-state index contributed by atoms with van der Waals surface area (Å²) >= 11 is 0. The van der Waals surface area contributed by atoms with Gasteiger partial charge in [0.05, 0.1) is 12.3 Å². The van der Waals surface area contributed by atoms with Crippen LogP contribution in [0.5, 0.6) is 0 Å². The van der Waals surface area contributed by atoms with Gasteiger partial charge in [0.25, 0.3) is 0 Å². The number of nitrogens with two attached hydrogens (primary N) is 1. The first-order valence-corrected chi connectivity index (χ1v) is 5.56. The maximum Gasteiger partial charge on any atom is 0.359 e. The van der Waals surface area contributed by atoms with Gasteiger partial charge >= 0.3 is 5.97 Å². The van der Waals surface area contributed by atoms with Crippen LogP contribution >= 0.6 is 0 Å². The lowest BCUT2D eigenvalue weighted by molar-refractivity contribution is 0.0273. The Labute approximate surface area is 101 Å². The zero-order valence-electron chi connectivity index (χ0n) is 10.2. The molecule has 5 nitrogen and oxygen atoms in total. The summed E-state index contributed by atoms with van der Waals surface area (Å²) in [4.78, 5) is 15.4. The first-order chi connectivity index (χ1) is 8.11. The number of carbonyl (C=O) groups excluding carboxylic acids is 1. The Balaban J connectivity index is 2.29. The van der Waals surface area contributed by atoms with E-state index < -0.39 is 5.97 Å². The third-order valence-corrected chi connectivity index (χ3v) is 1.94. The predicted molar refractivity (Wildman–Crippen MR) is 64.6 cm³/mol. The number of carbonyl (C=O) groups is 1. The molecule has 1 rings (SSSR count). The molecule has 0 spiro atoms. The summed E-state index contributed by atoms with van der Waals surface area (Å²) in [7, 11) is 0. The van der Waals surface area contributed by atoms with Gasteiger partial charge in [0, 0.05) is 12.8 Å². The second-order valence-electron chi connectivity index (χ2n) is 4.05. The van der Waals surface area contributed by atoms with Gasteiger partial charge in [0.15, 0.2) is 5.69 Å². The summed E-state index contributed by atoms with van der Waals surface area (Å²) in [6.45, 7) is 5.36. The first kappa shape index (κ1) is 13.4. The summed E-state index contributed by atoms with van der Waals surface area (Å²) in [5, 5.41) is 0. The molecule has 0 aliphatic carbocycles. The van der Waals surface area contributed by atoms with Crippen molar-refractivity contribution in [2.45, 2.75) is 13.8 Å². The van der Waals surface area contributed by atoms with Crippen LogP contribution in [0.25, 0.3) is 0 Å². The molecule has 0 aliphatic rings. The second kappa shape index (κ2) is 6.85. The Morgan fingerprint density at radius 2 is 2.24 bits per heavy atom. The number of pyridine rings is 1. The molecule has 0 fully saturated rings. The molecule has 1 aromatic heterocycles. The molecule has 1 heterocycles. The van der Waals surface area contributed by atoms with E-state index in [4.69, 9.17) is 15.2 Å². The van der Waals surface area contributed by atoms with Crippen LogP contribution in [0.4, 0.5) is 5.69 Å². The highest BCUT2D eigenvalue weighted by Gasteiger charge is 2.11. The van der Waals surface area contributed by atoms with Crippen LogP contribution in [-0.4, -0.2) is 30.8 Å². The van der Waals surface area contributed by atoms with E-state index in [0.29, 0.717) is 24.8 Å². The number of hydrogen-bond acceptors (Lipinski definition) is 5. The van der Waals surface area contributed by atoms with Gasteiger partial charge in [-0.2, -0.15) is 0 Å². The highest BCUT2D eigenvalue weighted by Crippen LogP contribution is 2.08. The Morgan fingerprint density at radius 1 is 1.47 bits per heavy atom. The van der Waals surface area contributed by atoms with Crippen LogP contribution in [0, 0.1) is 5.92 Å². The predicted octanol–water partition coefficient (Wildman–Crippen LogP) is 1.49. The Kier molecular flexibility index (Phi) is 5.42. The van der Waals surface area contributed by atoms with Crippen LogP contribution in [0.15, 0.2) is 18.3 Å². The lowest BCUT2D eigenvalue weighted by Gasteiger charge is -2.08. The maximum atomic E-state index is 11.5. The van der Waals surface area contributed by atoms with Gasteiger partial charge in [0.1, 0.15) is 6.61 Å². The van der Waals surface area contributed by atoms with Crippen molar-refractivity contribution in [1.29, 1.82) is 0 Å². The molecular formula is C12H18N2O3. The molecule has 0 saturated carbocycles. The first-order valence-electron chi connectivity index (χ1n) is 5.56. The second-order valence-corrected chi connectivity index (χ2v) is 4.05. The average Bonchev–Trinajstić information content (AvgIpc) is 2.28. The van der Waals surface area contributed by atoms with E-state index in [1.165, 1.54) is 6.20 Å². The molecule has 0 amide bonds. The molecule has 0 bridgehead atoms. The molecule has 17 heavy (non-hydrogen) atoms. The molecule has 1 aromatic rings. The van der Waals surface area contributed by atoms with Crippen LogP contribution in [0.3, 0.4) is 0 Å². The number of nitrogen functional groups attached to an aromatic ring is 1. The number of nitrogens with zero attached hydrogens (tertiary/aromatic N) is 1. The summed E-state index contributed by atoms with van der Waals surface area (Å²) in [5.41, 5.74) is 6.07. The number of anilines is 1. The fraction of sp³-hybridized carbons (Fsp3) is 0.500. The average molecular weight is 238 g/mol. The molecule has 2 N–H and O–H groups in total. The summed E-state index contributed by atoms with van der Waals surface area (Å²) in [5.74, 6) is -0.0478. The van der Waals surface area contributed by atoms with E-state index >= 15 is 0 Å². The minimum Gasteiger partial charge on any atom is -0.458 e. The molecule has 0 aromatic carbocycles. The van der Waals surface area contributed by atoms with Gasteiger partial charge in [-0.25, -0.2) is 9.78 Å². The third-order valence-electron chi connectivity index (χ3n) is 1.94. The van der Waals surface area contributed by atoms with E-state index in [1.807, 2.05) is 0 Å². The van der Waals surface area contributed by atoms with E-state index in [-0.39, 0.29) is 12.3 Å². The Bertz CT molecular complexity index is 367. The minimum absolute atomic E-state index is 0.149. The van der Waals surface area contributed by atoms with Crippen LogP contribution in [-0.2, 0) is 9.47 Å². The third kappa shape index (κ3) is 4.82. The molecular weight excluding hydrogens is 220 g/mol. The topological polar surface area (TPSA) is 74.4 Å². The van der Waals surface area contributed by atoms with Crippen molar-refractivity contribution in [3.8, 4) is 0 Å². The van der Waals surface area contributed by atoms with Crippen molar-refractivity contribution >= 4 is 11.7 Å². The van der Waals surface area contributed by atoms with Gasteiger partial charge in [-0.05, 0) is 18.1 Å². The molecule has 0 aliphatic heterocycles. The van der Waals surface area contributed by atoms with Crippen molar-refractivity contribution in [3.05, 3.63) is 24.0 Å². The van der Waals surface area contributed by atoms with Crippen molar-refractivity contribution in [3.63, 3.8) is 0 Å². The van der Waals surface area contributed by atoms with Gasteiger partial charge in [-0.15, -0.1) is 0 Å². The molecule has 0 unspecified atom stereocenters. The van der Waals surface area contributed by atoms with E-state index in [9.17, 15) is 4.79 Å². The summed E-state index contributed by atoms with van der Waals surface area (Å²) in [6, 6.07) is 3.27. The van der Waals surface area contributed by atoms with Gasteiger partial charge in [-0.1, -0.05) is 13.8 Å². The lowest BCUT2D eigenvalue weighted by atomic mass is 10.2. The van der Waals surface area contributed by atoms with Crippen molar-refractivity contribution in [2.75, 3.05) is 25.6 Å². The fourth-order valence-corrected chi connectivity index (χ4v) is 1.17. The van der Waals surface area contributed by atoms with Crippen LogP contribution in [0.2, 0.25) is 0 Å². The largest absolute Gasteiger partial charge is 0.458 e. The molecule has 5 heteroatoms. The van der Waals surface area contributed by atoms with Gasteiger partial charge < -0.3 is 15.2 Å². The van der Waals surface area contributed by atoms with Crippen LogP contribution < -0.4 is 5.73 Å². The summed E-state index contributed by atoms with van der Waals surface area (Å²) < 4.78 is 10.3. The molecule has 0 saturated heterocycles. The number of esters is 1. The Hall–Kier alpha value is -1.62. The quantitative estimate of drug-likeness (QED) is 0.600. The van der Waals surface area contributed by atoms with E-state index in [2.05, 4.69) is 18.8 Å². The van der Waals surface area contributed by atoms with Crippen LogP contribution in [0.1, 0.15) is 24.3 Å². The minimum atomic E-state index is -0.517. The van der Waals surface area contributed by atoms with Crippen molar-refractivity contribution < 1.29 is 14.3 Å². The fourth-order valence-electron chi connectivity index (χ4n) is 1.17. The normalized spacial score (nSPS) is 10.5. The smallest absolute Gasteiger partial charge is 0.359 e. The number of ether oxygens (including phenoxy) is 2. The number of rotatable bonds is 6. The van der Waals surface area contributed by atoms with E-state index in [0.717, 1.165) is 0 Å². The summed E-state index contributed by atoms with van der Waals surface area (Å²) in [6.07, 6.45) is 1.50. The number of aromatic nitrogens is 1. The monoisotopic (exact) mass is 238 g/mol. The van der Waals surface area contributed by atoms with Crippen molar-refractivity contribution in [1.82, 2.24) is 4.98 Å². The standard InChI is InChI=1S/C12H18N2O3/c1-9(2)8-16-6-7-17-12(15)11-10(13)4-3-5-14-11/h3-5,9H,6-8,13H2,1-2H3. The highest BCUT2D eigenvalue weighted by molar-refractivity contribution is 5.92. The SMILES string of the molecule is CC(C)COCCOC(=O)c1ncccc1N. The van der Waals surface area contributed by atoms with Crippen molar-refractivity contribution in [2.24, 2.45) is 5.92 Å². The molecule has 0 atom stereocenters.